The summed E-state index contributed by atoms with van der Waals surface area (Å²) in [7, 11) is 0. The van der Waals surface area contributed by atoms with Crippen molar-refractivity contribution in [1.82, 2.24) is 0 Å². The number of aryl methyl sites for hydroxylation is 1. The lowest BCUT2D eigenvalue weighted by molar-refractivity contribution is -0.140. The van der Waals surface area contributed by atoms with Gasteiger partial charge in [-0.1, -0.05) is 40.0 Å². The largest absolute Gasteiger partial charge is 0.490 e. The number of unbranched alkanes of at least 4 members (excludes halogenated alkanes) is 2. The highest BCUT2D eigenvalue weighted by Gasteiger charge is 2.33. The van der Waals surface area contributed by atoms with Crippen molar-refractivity contribution < 1.29 is 14.3 Å². The van der Waals surface area contributed by atoms with Crippen molar-refractivity contribution in [2.45, 2.75) is 91.8 Å². The smallest absolute Gasteiger partial charge is 0.256 e. The number of anilines is 1. The molecule has 0 heterocycles. The van der Waals surface area contributed by atoms with Crippen LogP contribution in [0.15, 0.2) is 18.2 Å². The summed E-state index contributed by atoms with van der Waals surface area (Å²) < 4.78 is 11.8. The number of rotatable bonds is 12. The van der Waals surface area contributed by atoms with E-state index in [0.29, 0.717) is 6.61 Å². The van der Waals surface area contributed by atoms with Gasteiger partial charge in [0.1, 0.15) is 11.4 Å². The first kappa shape index (κ1) is 22.5. The first-order valence-corrected chi connectivity index (χ1v) is 10.1. The number of hydrogen-bond donors (Lipinski definition) is 1. The van der Waals surface area contributed by atoms with Crippen molar-refractivity contribution in [3.05, 3.63) is 23.8 Å². The van der Waals surface area contributed by atoms with Crippen LogP contribution in [0.2, 0.25) is 0 Å². The molecule has 0 fully saturated rings. The van der Waals surface area contributed by atoms with Gasteiger partial charge in [-0.25, -0.2) is 0 Å². The van der Waals surface area contributed by atoms with Crippen LogP contribution >= 0.6 is 0 Å². The maximum Gasteiger partial charge on any atom is 0.256 e. The first-order valence-electron chi connectivity index (χ1n) is 10.1. The van der Waals surface area contributed by atoms with Crippen LogP contribution in [0.1, 0.15) is 78.7 Å². The molecular weight excluding hydrogens is 326 g/mol. The fraction of sp³-hybridized carbons (Fsp3) is 0.682. The molecule has 148 valence electrons. The molecule has 1 aromatic rings. The van der Waals surface area contributed by atoms with Gasteiger partial charge in [0.05, 0.1) is 6.10 Å². The quantitative estimate of drug-likeness (QED) is 0.472. The molecule has 26 heavy (non-hydrogen) atoms. The van der Waals surface area contributed by atoms with E-state index in [4.69, 9.17) is 9.47 Å². The Labute approximate surface area is 159 Å². The van der Waals surface area contributed by atoms with Gasteiger partial charge in [-0.15, -0.1) is 0 Å². The zero-order valence-corrected chi connectivity index (χ0v) is 17.5. The first-order chi connectivity index (χ1) is 12.4. The molecule has 1 amide bonds. The molecule has 0 bridgehead atoms. The van der Waals surface area contributed by atoms with Crippen LogP contribution in [0.3, 0.4) is 0 Å². The second kappa shape index (κ2) is 11.2. The Morgan fingerprint density at radius 3 is 2.50 bits per heavy atom. The molecule has 4 heteroatoms. The number of amides is 1. The van der Waals surface area contributed by atoms with Gasteiger partial charge in [0.25, 0.3) is 5.91 Å². The molecule has 0 spiro atoms. The Bertz CT molecular complexity index is 558. The van der Waals surface area contributed by atoms with Crippen molar-refractivity contribution in [2.24, 2.45) is 0 Å². The topological polar surface area (TPSA) is 47.6 Å². The van der Waals surface area contributed by atoms with Crippen molar-refractivity contribution in [2.75, 3.05) is 11.9 Å². The number of nitrogens with one attached hydrogen (secondary N) is 1. The van der Waals surface area contributed by atoms with E-state index in [1.54, 1.807) is 0 Å². The summed E-state index contributed by atoms with van der Waals surface area (Å²) >= 11 is 0. The van der Waals surface area contributed by atoms with Crippen LogP contribution in [-0.2, 0) is 9.53 Å². The fourth-order valence-electron chi connectivity index (χ4n) is 2.71. The lowest BCUT2D eigenvalue weighted by atomic mass is 9.96. The number of ether oxygens (including phenoxy) is 2. The second-order valence-electron chi connectivity index (χ2n) is 7.31. The summed E-state index contributed by atoms with van der Waals surface area (Å²) in [5, 5.41) is 3.03. The summed E-state index contributed by atoms with van der Waals surface area (Å²) in [6, 6.07) is 5.79. The number of benzene rings is 1. The molecule has 1 N–H and O–H groups in total. The summed E-state index contributed by atoms with van der Waals surface area (Å²) in [5.74, 6) is 0.794. The minimum Gasteiger partial charge on any atom is -0.490 e. The Kier molecular flexibility index (Phi) is 9.71. The van der Waals surface area contributed by atoms with Gasteiger partial charge in [0.2, 0.25) is 0 Å². The lowest BCUT2D eigenvalue weighted by Crippen LogP contribution is -2.43. The molecule has 4 nitrogen and oxygen atoms in total. The standard InChI is InChI=1S/C22H37NO3/c1-7-10-11-14-22(6,25-15-8-2)21(24)23-19-12-13-20(17(4)16-19)26-18(5)9-3/h12-13,16,18H,7-11,14-15H2,1-6H3,(H,23,24)/t18-,22+/m0/s1. The molecule has 0 unspecified atom stereocenters. The summed E-state index contributed by atoms with van der Waals surface area (Å²) in [6.45, 7) is 12.9. The van der Waals surface area contributed by atoms with E-state index in [9.17, 15) is 4.79 Å². The molecule has 2 atom stereocenters. The van der Waals surface area contributed by atoms with Gasteiger partial charge in [-0.3, -0.25) is 4.79 Å². The Hall–Kier alpha value is -1.55. The van der Waals surface area contributed by atoms with Crippen molar-refractivity contribution in [1.29, 1.82) is 0 Å². The third-order valence-electron chi connectivity index (χ3n) is 4.70. The number of carbonyl (C=O) groups is 1. The van der Waals surface area contributed by atoms with Crippen LogP contribution in [0.5, 0.6) is 5.75 Å². The Balaban J connectivity index is 2.82. The monoisotopic (exact) mass is 363 g/mol. The maximum absolute atomic E-state index is 12.9. The van der Waals surface area contributed by atoms with Crippen molar-refractivity contribution >= 4 is 11.6 Å². The molecule has 0 radical (unpaired) electrons. The van der Waals surface area contributed by atoms with Gasteiger partial charge in [0.15, 0.2) is 0 Å². The van der Waals surface area contributed by atoms with Crippen LogP contribution in [0.25, 0.3) is 0 Å². The predicted molar refractivity (Wildman–Crippen MR) is 109 cm³/mol. The van der Waals surface area contributed by atoms with Crippen LogP contribution in [-0.4, -0.2) is 24.2 Å². The van der Waals surface area contributed by atoms with Gasteiger partial charge in [-0.05, 0) is 63.8 Å². The number of carbonyl (C=O) groups excluding carboxylic acids is 1. The van der Waals surface area contributed by atoms with Gasteiger partial charge in [0, 0.05) is 12.3 Å². The highest BCUT2D eigenvalue weighted by Crippen LogP contribution is 2.26. The van der Waals surface area contributed by atoms with Crippen molar-refractivity contribution in [3.63, 3.8) is 0 Å². The van der Waals surface area contributed by atoms with Crippen LogP contribution in [0.4, 0.5) is 5.69 Å². The summed E-state index contributed by atoms with van der Waals surface area (Å²) in [5.41, 5.74) is 1.02. The predicted octanol–water partition coefficient (Wildman–Crippen LogP) is 5.88. The molecule has 0 saturated carbocycles. The molecule has 0 aliphatic heterocycles. The summed E-state index contributed by atoms with van der Waals surface area (Å²) in [6.07, 6.45) is 6.01. The third kappa shape index (κ3) is 6.99. The molecular formula is C22H37NO3. The van der Waals surface area contributed by atoms with E-state index >= 15 is 0 Å². The van der Waals surface area contributed by atoms with Crippen molar-refractivity contribution in [3.8, 4) is 5.75 Å². The zero-order valence-electron chi connectivity index (χ0n) is 17.5. The van der Waals surface area contributed by atoms with E-state index in [2.05, 4.69) is 33.0 Å². The molecule has 0 aliphatic carbocycles. The van der Waals surface area contributed by atoms with Crippen LogP contribution in [0, 0.1) is 6.92 Å². The van der Waals surface area contributed by atoms with E-state index in [1.165, 1.54) is 0 Å². The molecule has 1 aromatic carbocycles. The van der Waals surface area contributed by atoms with Gasteiger partial charge >= 0.3 is 0 Å². The van der Waals surface area contributed by atoms with E-state index in [-0.39, 0.29) is 12.0 Å². The minimum atomic E-state index is -0.787. The average molecular weight is 364 g/mol. The highest BCUT2D eigenvalue weighted by atomic mass is 16.5. The Morgan fingerprint density at radius 2 is 1.92 bits per heavy atom. The minimum absolute atomic E-state index is 0.0722. The number of hydrogen-bond acceptors (Lipinski definition) is 3. The molecule has 0 saturated heterocycles. The summed E-state index contributed by atoms with van der Waals surface area (Å²) in [4.78, 5) is 12.9. The highest BCUT2D eigenvalue weighted by molar-refractivity contribution is 5.97. The molecule has 0 aromatic heterocycles. The fourth-order valence-corrected chi connectivity index (χ4v) is 2.71. The Morgan fingerprint density at radius 1 is 1.19 bits per heavy atom. The van der Waals surface area contributed by atoms with E-state index in [1.807, 2.05) is 32.0 Å². The molecule has 1 rings (SSSR count). The average Bonchev–Trinajstić information content (AvgIpc) is 2.62. The second-order valence-corrected chi connectivity index (χ2v) is 7.31. The SMILES string of the molecule is CCCCC[C@@](C)(OCCC)C(=O)Nc1ccc(O[C@@H](C)CC)c(C)c1. The van der Waals surface area contributed by atoms with Crippen LogP contribution < -0.4 is 10.1 Å². The third-order valence-corrected chi connectivity index (χ3v) is 4.70. The zero-order chi connectivity index (χ0) is 19.6. The maximum atomic E-state index is 12.9. The molecule has 0 aliphatic rings. The van der Waals surface area contributed by atoms with E-state index < -0.39 is 5.60 Å². The van der Waals surface area contributed by atoms with E-state index in [0.717, 1.165) is 55.5 Å². The van der Waals surface area contributed by atoms with Gasteiger partial charge in [-0.2, -0.15) is 0 Å². The van der Waals surface area contributed by atoms with Gasteiger partial charge < -0.3 is 14.8 Å². The lowest BCUT2D eigenvalue weighted by Gasteiger charge is -2.29. The normalized spacial score (nSPS) is 14.5.